The van der Waals surface area contributed by atoms with Gasteiger partial charge in [-0.05, 0) is 10.5 Å². The van der Waals surface area contributed by atoms with E-state index in [1.807, 2.05) is 0 Å². The first-order valence-electron chi connectivity index (χ1n) is 3.40. The summed E-state index contributed by atoms with van der Waals surface area (Å²) in [4.78, 5) is 13.0. The van der Waals surface area contributed by atoms with E-state index >= 15 is 0 Å². The largest absolute Gasteiger partial charge is 0.490 e. The lowest BCUT2D eigenvalue weighted by molar-refractivity contribution is -0.394. The van der Waals surface area contributed by atoms with Crippen LogP contribution in [0, 0.1) is 10.1 Å². The number of rotatable bonds is 4. The molecule has 0 saturated carbocycles. The van der Waals surface area contributed by atoms with E-state index in [1.54, 1.807) is 0 Å². The molecule has 0 unspecified atom stereocenters. The second-order valence-corrected chi connectivity index (χ2v) is 2.65. The molecule has 0 amide bonds. The maximum atomic E-state index is 10.2. The van der Waals surface area contributed by atoms with Gasteiger partial charge in [-0.15, -0.1) is 11.6 Å². The van der Waals surface area contributed by atoms with E-state index in [1.165, 1.54) is 11.0 Å². The van der Waals surface area contributed by atoms with E-state index in [0.29, 0.717) is 12.4 Å². The lowest BCUT2D eigenvalue weighted by Gasteiger charge is -1.95. The molecule has 6 nitrogen and oxygen atoms in total. The van der Waals surface area contributed by atoms with Crippen LogP contribution < -0.4 is 0 Å². The third kappa shape index (κ3) is 2.51. The Bertz CT molecular complexity index is 335. The molecule has 0 spiro atoms. The van der Waals surface area contributed by atoms with Crippen molar-refractivity contribution in [3.63, 3.8) is 0 Å². The minimum Gasteiger partial charge on any atom is -0.390 e. The number of hydrogen-bond acceptors (Lipinski definition) is 4. The summed E-state index contributed by atoms with van der Waals surface area (Å²) in [6.45, 7) is 3.98. The van der Waals surface area contributed by atoms with Crippen LogP contribution in [-0.4, -0.2) is 25.6 Å². The number of hydrogen-bond donors (Lipinski definition) is 0. The number of nitro groups is 1. The van der Waals surface area contributed by atoms with Crippen LogP contribution in [0.3, 0.4) is 0 Å². The van der Waals surface area contributed by atoms with E-state index in [0.717, 1.165) is 5.57 Å². The second-order valence-electron chi connectivity index (χ2n) is 2.38. The minimum absolute atomic E-state index is 0.299. The predicted molar refractivity (Wildman–Crippen MR) is 46.5 cm³/mol. The molecule has 7 heteroatoms. The maximum Gasteiger partial charge on any atom is 0.490 e. The summed E-state index contributed by atoms with van der Waals surface area (Å²) in [5.74, 6) is -0.115. The summed E-state index contributed by atoms with van der Waals surface area (Å²) in [6, 6.07) is 0. The zero-order chi connectivity index (χ0) is 9.84. The average Bonchev–Trinajstić information content (AvgIpc) is 2.52. The lowest BCUT2D eigenvalue weighted by atomic mass is 10.3. The Morgan fingerprint density at radius 1 is 1.85 bits per heavy atom. The van der Waals surface area contributed by atoms with Gasteiger partial charge < -0.3 is 10.1 Å². The van der Waals surface area contributed by atoms with Gasteiger partial charge in [0, 0.05) is 11.0 Å². The van der Waals surface area contributed by atoms with Gasteiger partial charge in [0.05, 0.1) is 6.54 Å². The van der Waals surface area contributed by atoms with E-state index < -0.39 is 10.9 Å². The highest BCUT2D eigenvalue weighted by Crippen LogP contribution is 2.03. The van der Waals surface area contributed by atoms with Gasteiger partial charge in [0.15, 0.2) is 0 Å². The van der Waals surface area contributed by atoms with Crippen LogP contribution in [0.4, 0.5) is 5.95 Å². The molecule has 0 radical (unpaired) electrons. The molecular weight excluding hydrogens is 196 g/mol. The van der Waals surface area contributed by atoms with Gasteiger partial charge in [0.2, 0.25) is 6.33 Å². The van der Waals surface area contributed by atoms with Gasteiger partial charge >= 0.3 is 5.95 Å². The third-order valence-corrected chi connectivity index (χ3v) is 1.64. The number of alkyl halides is 1. The fraction of sp³-hybridized carbons (Fsp3) is 0.333. The first kappa shape index (κ1) is 9.66. The molecule has 1 aromatic heterocycles. The zero-order valence-electron chi connectivity index (χ0n) is 6.68. The Hall–Kier alpha value is -1.43. The first-order chi connectivity index (χ1) is 6.13. The molecule has 0 saturated heterocycles. The molecular formula is C6H7ClN4O2. The Balaban J connectivity index is 2.69. The number of nitrogens with zero attached hydrogens (tertiary/aromatic N) is 4. The fourth-order valence-corrected chi connectivity index (χ4v) is 0.801. The highest BCUT2D eigenvalue weighted by molar-refractivity contribution is 6.19. The van der Waals surface area contributed by atoms with Crippen molar-refractivity contribution >= 4 is 17.5 Å². The summed E-state index contributed by atoms with van der Waals surface area (Å²) in [5, 5.41) is 13.8. The monoisotopic (exact) mass is 202 g/mol. The summed E-state index contributed by atoms with van der Waals surface area (Å²) >= 11 is 5.48. The van der Waals surface area contributed by atoms with Crippen molar-refractivity contribution in [3.8, 4) is 0 Å². The minimum atomic E-state index is -0.653. The van der Waals surface area contributed by atoms with Crippen LogP contribution >= 0.6 is 11.6 Å². The average molecular weight is 203 g/mol. The normalized spacial score (nSPS) is 9.92. The molecule has 0 aromatic carbocycles. The maximum absolute atomic E-state index is 10.2. The van der Waals surface area contributed by atoms with Crippen molar-refractivity contribution < 1.29 is 4.92 Å². The van der Waals surface area contributed by atoms with E-state index in [9.17, 15) is 10.1 Å². The van der Waals surface area contributed by atoms with E-state index in [-0.39, 0.29) is 0 Å². The molecule has 0 bridgehead atoms. The van der Waals surface area contributed by atoms with Crippen LogP contribution in [0.15, 0.2) is 18.5 Å². The van der Waals surface area contributed by atoms with Crippen LogP contribution in [0.25, 0.3) is 0 Å². The molecule has 70 valence electrons. The second kappa shape index (κ2) is 3.99. The molecule has 0 aliphatic rings. The zero-order valence-corrected chi connectivity index (χ0v) is 7.44. The van der Waals surface area contributed by atoms with Crippen molar-refractivity contribution in [2.45, 2.75) is 6.54 Å². The van der Waals surface area contributed by atoms with Gasteiger partial charge in [-0.25, -0.2) is 0 Å². The Labute approximate surface area is 79.0 Å². The molecule has 0 aliphatic carbocycles. The van der Waals surface area contributed by atoms with Crippen molar-refractivity contribution in [2.75, 3.05) is 5.88 Å². The predicted octanol–water partition coefficient (Wildman–Crippen LogP) is 0.981. The molecule has 1 heterocycles. The van der Waals surface area contributed by atoms with Crippen LogP contribution in [-0.2, 0) is 6.54 Å². The molecule has 0 N–H and O–H groups in total. The molecule has 0 fully saturated rings. The number of allylic oxidation sites excluding steroid dienone is 1. The van der Waals surface area contributed by atoms with Crippen LogP contribution in [0.1, 0.15) is 0 Å². The summed E-state index contributed by atoms with van der Waals surface area (Å²) in [5.41, 5.74) is 0.724. The van der Waals surface area contributed by atoms with Crippen molar-refractivity contribution in [3.05, 3.63) is 28.6 Å². The van der Waals surface area contributed by atoms with Crippen LogP contribution in [0.2, 0.25) is 0 Å². The first-order valence-corrected chi connectivity index (χ1v) is 3.93. The van der Waals surface area contributed by atoms with Crippen molar-refractivity contribution in [2.24, 2.45) is 0 Å². The SMILES string of the molecule is C=C(CCl)Cn1cnc([N+](=O)[O-])n1. The summed E-state index contributed by atoms with van der Waals surface area (Å²) < 4.78 is 1.32. The van der Waals surface area contributed by atoms with Crippen LogP contribution in [0.5, 0.6) is 0 Å². The lowest BCUT2D eigenvalue weighted by Crippen LogP contribution is -2.02. The Morgan fingerprint density at radius 3 is 3.00 bits per heavy atom. The Morgan fingerprint density at radius 2 is 2.54 bits per heavy atom. The Kier molecular flexibility index (Phi) is 2.97. The van der Waals surface area contributed by atoms with Gasteiger partial charge in [0.1, 0.15) is 0 Å². The van der Waals surface area contributed by atoms with E-state index in [2.05, 4.69) is 16.7 Å². The van der Waals surface area contributed by atoms with Gasteiger partial charge in [-0.2, -0.15) is 4.68 Å². The summed E-state index contributed by atoms with van der Waals surface area (Å²) in [7, 11) is 0. The quantitative estimate of drug-likeness (QED) is 0.316. The molecule has 1 aromatic rings. The molecule has 0 atom stereocenters. The number of aromatic nitrogens is 3. The molecule has 13 heavy (non-hydrogen) atoms. The van der Waals surface area contributed by atoms with Crippen molar-refractivity contribution in [1.29, 1.82) is 0 Å². The third-order valence-electron chi connectivity index (χ3n) is 1.26. The molecule has 1 rings (SSSR count). The smallest absolute Gasteiger partial charge is 0.390 e. The van der Waals surface area contributed by atoms with Crippen molar-refractivity contribution in [1.82, 2.24) is 14.8 Å². The number of halogens is 1. The van der Waals surface area contributed by atoms with Gasteiger partial charge in [0.25, 0.3) is 0 Å². The summed E-state index contributed by atoms with van der Waals surface area (Å²) in [6.07, 6.45) is 1.27. The molecule has 0 aliphatic heterocycles. The fourth-order valence-electron chi connectivity index (χ4n) is 0.716. The topological polar surface area (TPSA) is 73.8 Å². The van der Waals surface area contributed by atoms with Gasteiger partial charge in [-0.1, -0.05) is 11.6 Å². The highest BCUT2D eigenvalue weighted by Gasteiger charge is 2.12. The standard InChI is InChI=1S/C6H7ClN4O2/c1-5(2-7)3-10-4-8-6(9-10)11(12)13/h4H,1-3H2. The highest BCUT2D eigenvalue weighted by atomic mass is 35.5. The van der Waals surface area contributed by atoms with Gasteiger partial charge in [-0.3, -0.25) is 0 Å². The van der Waals surface area contributed by atoms with E-state index in [4.69, 9.17) is 11.6 Å².